The average molecular weight is 384 g/mol. The first-order valence-electron chi connectivity index (χ1n) is 8.69. The van der Waals surface area contributed by atoms with E-state index in [0.717, 1.165) is 12.8 Å². The highest BCUT2D eigenvalue weighted by Gasteiger charge is 2.42. The van der Waals surface area contributed by atoms with Crippen molar-refractivity contribution in [1.82, 2.24) is 4.90 Å². The third kappa shape index (κ3) is 3.64. The Balaban J connectivity index is 1.77. The molecule has 1 aromatic rings. The quantitative estimate of drug-likeness (QED) is 0.815. The number of benzene rings is 1. The van der Waals surface area contributed by atoms with Crippen molar-refractivity contribution < 1.29 is 9.59 Å². The van der Waals surface area contributed by atoms with Crippen molar-refractivity contribution in [1.29, 1.82) is 0 Å². The molecule has 0 aromatic heterocycles. The van der Waals surface area contributed by atoms with Gasteiger partial charge in [-0.25, -0.2) is 0 Å². The number of piperidine rings is 1. The van der Waals surface area contributed by atoms with E-state index in [-0.39, 0.29) is 17.9 Å². The number of amides is 2. The lowest BCUT2D eigenvalue weighted by atomic mass is 9.91. The van der Waals surface area contributed by atoms with Crippen molar-refractivity contribution in [3.8, 4) is 0 Å². The molecule has 7 heteroatoms. The van der Waals surface area contributed by atoms with E-state index in [2.05, 4.69) is 6.92 Å². The van der Waals surface area contributed by atoms with E-state index in [4.69, 9.17) is 28.9 Å². The third-order valence-corrected chi connectivity index (χ3v) is 5.79. The Morgan fingerprint density at radius 1 is 1.28 bits per heavy atom. The van der Waals surface area contributed by atoms with Crippen molar-refractivity contribution in [2.75, 3.05) is 24.5 Å². The van der Waals surface area contributed by atoms with Crippen LogP contribution in [0.5, 0.6) is 0 Å². The summed E-state index contributed by atoms with van der Waals surface area (Å²) in [4.78, 5) is 29.2. The second-order valence-corrected chi connectivity index (χ2v) is 7.82. The molecule has 5 nitrogen and oxygen atoms in total. The van der Waals surface area contributed by atoms with E-state index < -0.39 is 5.92 Å². The van der Waals surface area contributed by atoms with E-state index in [9.17, 15) is 9.59 Å². The number of carbonyl (C=O) groups excluding carboxylic acids is 2. The molecule has 25 heavy (non-hydrogen) atoms. The van der Waals surface area contributed by atoms with Crippen molar-refractivity contribution in [3.63, 3.8) is 0 Å². The molecule has 0 saturated carbocycles. The van der Waals surface area contributed by atoms with Crippen LogP contribution in [0, 0.1) is 11.8 Å². The Morgan fingerprint density at radius 3 is 2.76 bits per heavy atom. The maximum absolute atomic E-state index is 13.0. The van der Waals surface area contributed by atoms with Crippen LogP contribution in [0.15, 0.2) is 18.2 Å². The molecule has 3 rings (SSSR count). The van der Waals surface area contributed by atoms with Crippen LogP contribution in [0.1, 0.15) is 26.2 Å². The molecule has 0 spiro atoms. The zero-order chi connectivity index (χ0) is 18.1. The van der Waals surface area contributed by atoms with Gasteiger partial charge in [0.05, 0.1) is 10.7 Å². The molecular weight excluding hydrogens is 361 g/mol. The number of hydrogen-bond acceptors (Lipinski definition) is 3. The van der Waals surface area contributed by atoms with Crippen LogP contribution in [-0.4, -0.2) is 42.4 Å². The number of rotatable bonds is 3. The van der Waals surface area contributed by atoms with Gasteiger partial charge in [-0.15, -0.1) is 0 Å². The van der Waals surface area contributed by atoms with E-state index in [1.54, 1.807) is 23.1 Å². The van der Waals surface area contributed by atoms with Gasteiger partial charge in [0.25, 0.3) is 0 Å². The predicted octanol–water partition coefficient (Wildman–Crippen LogP) is 2.93. The van der Waals surface area contributed by atoms with Gasteiger partial charge in [0, 0.05) is 30.7 Å². The fourth-order valence-corrected chi connectivity index (χ4v) is 4.19. The van der Waals surface area contributed by atoms with Crippen LogP contribution >= 0.6 is 23.2 Å². The predicted molar refractivity (Wildman–Crippen MR) is 99.9 cm³/mol. The van der Waals surface area contributed by atoms with E-state index in [1.165, 1.54) is 0 Å². The smallest absolute Gasteiger partial charge is 0.239 e. The van der Waals surface area contributed by atoms with Gasteiger partial charge in [-0.3, -0.25) is 9.59 Å². The number of anilines is 1. The second-order valence-electron chi connectivity index (χ2n) is 6.98. The molecule has 0 aliphatic carbocycles. The molecule has 2 aliphatic heterocycles. The molecule has 3 unspecified atom stereocenters. The lowest BCUT2D eigenvalue weighted by Gasteiger charge is -2.39. The van der Waals surface area contributed by atoms with Crippen LogP contribution in [0.2, 0.25) is 10.0 Å². The van der Waals surface area contributed by atoms with Gasteiger partial charge >= 0.3 is 0 Å². The summed E-state index contributed by atoms with van der Waals surface area (Å²) in [6.45, 7) is 3.74. The molecule has 2 aliphatic rings. The summed E-state index contributed by atoms with van der Waals surface area (Å²) < 4.78 is 0. The molecule has 2 fully saturated rings. The van der Waals surface area contributed by atoms with Crippen molar-refractivity contribution in [2.45, 2.75) is 32.2 Å². The van der Waals surface area contributed by atoms with Crippen LogP contribution in [-0.2, 0) is 9.59 Å². The van der Waals surface area contributed by atoms with E-state index in [1.807, 2.05) is 4.90 Å². The molecule has 2 N–H and O–H groups in total. The first-order valence-corrected chi connectivity index (χ1v) is 9.45. The maximum atomic E-state index is 13.0. The highest BCUT2D eigenvalue weighted by atomic mass is 35.5. The minimum Gasteiger partial charge on any atom is -0.338 e. The molecule has 0 bridgehead atoms. The fraction of sp³-hybridized carbons (Fsp3) is 0.556. The summed E-state index contributed by atoms with van der Waals surface area (Å²) in [6.07, 6.45) is 2.34. The highest BCUT2D eigenvalue weighted by Crippen LogP contribution is 2.35. The Hall–Kier alpha value is -1.30. The Kier molecular flexibility index (Phi) is 5.56. The monoisotopic (exact) mass is 383 g/mol. The molecule has 1 aromatic carbocycles. The lowest BCUT2D eigenvalue weighted by molar-refractivity contribution is -0.143. The standard InChI is InChI=1S/C18H23Cl2N3O2/c1-11-4-6-22(13(8-11)10-21)17(24)14-5-7-23(18(14)25)16-9-12(19)2-3-15(16)20/h2-3,9,11,13-14H,4-8,10,21H2,1H3. The first kappa shape index (κ1) is 18.5. The maximum Gasteiger partial charge on any atom is 0.239 e. The summed E-state index contributed by atoms with van der Waals surface area (Å²) >= 11 is 12.2. The number of carbonyl (C=O) groups is 2. The van der Waals surface area contributed by atoms with Gasteiger partial charge in [0.2, 0.25) is 11.8 Å². The third-order valence-electron chi connectivity index (χ3n) is 5.24. The molecule has 2 heterocycles. The van der Waals surface area contributed by atoms with Gasteiger partial charge in [-0.05, 0) is 43.4 Å². The molecule has 2 saturated heterocycles. The summed E-state index contributed by atoms with van der Waals surface area (Å²) in [5.41, 5.74) is 6.43. The molecule has 3 atom stereocenters. The molecule has 0 radical (unpaired) electrons. The zero-order valence-electron chi connectivity index (χ0n) is 14.3. The van der Waals surface area contributed by atoms with Crippen molar-refractivity contribution >= 4 is 40.7 Å². The van der Waals surface area contributed by atoms with Gasteiger partial charge in [0.15, 0.2) is 0 Å². The number of halogens is 2. The Bertz CT molecular complexity index is 682. The molecule has 2 amide bonds. The number of likely N-dealkylation sites (tertiary alicyclic amines) is 1. The normalized spacial score (nSPS) is 27.0. The van der Waals surface area contributed by atoms with Crippen LogP contribution in [0.4, 0.5) is 5.69 Å². The van der Waals surface area contributed by atoms with Gasteiger partial charge in [-0.2, -0.15) is 0 Å². The molecular formula is C18H23Cl2N3O2. The summed E-state index contributed by atoms with van der Waals surface area (Å²) in [5, 5.41) is 0.965. The minimum atomic E-state index is -0.655. The van der Waals surface area contributed by atoms with Crippen molar-refractivity contribution in [2.24, 2.45) is 17.6 Å². The van der Waals surface area contributed by atoms with E-state index in [0.29, 0.717) is 47.7 Å². The van der Waals surface area contributed by atoms with Crippen LogP contribution < -0.4 is 10.6 Å². The lowest BCUT2D eigenvalue weighted by Crippen LogP contribution is -2.52. The molecule has 136 valence electrons. The number of nitrogens with zero attached hydrogens (tertiary/aromatic N) is 2. The fourth-order valence-electron chi connectivity index (χ4n) is 3.81. The van der Waals surface area contributed by atoms with Gasteiger partial charge in [0.1, 0.15) is 5.92 Å². The van der Waals surface area contributed by atoms with Crippen LogP contribution in [0.3, 0.4) is 0 Å². The largest absolute Gasteiger partial charge is 0.338 e. The van der Waals surface area contributed by atoms with Gasteiger partial charge < -0.3 is 15.5 Å². The van der Waals surface area contributed by atoms with Crippen LogP contribution in [0.25, 0.3) is 0 Å². The average Bonchev–Trinajstić information content (AvgIpc) is 2.97. The summed E-state index contributed by atoms with van der Waals surface area (Å²) in [6, 6.07) is 5.03. The Morgan fingerprint density at radius 2 is 2.04 bits per heavy atom. The second kappa shape index (κ2) is 7.52. The summed E-state index contributed by atoms with van der Waals surface area (Å²) in [5.74, 6) is -0.410. The van der Waals surface area contributed by atoms with E-state index >= 15 is 0 Å². The summed E-state index contributed by atoms with van der Waals surface area (Å²) in [7, 11) is 0. The van der Waals surface area contributed by atoms with Crippen molar-refractivity contribution in [3.05, 3.63) is 28.2 Å². The Labute approximate surface area is 158 Å². The minimum absolute atomic E-state index is 0.0212. The zero-order valence-corrected chi connectivity index (χ0v) is 15.8. The first-order chi connectivity index (χ1) is 11.9. The SMILES string of the molecule is CC1CCN(C(=O)C2CCN(c3cc(Cl)ccc3Cl)C2=O)C(CN)C1. The topological polar surface area (TPSA) is 66.6 Å². The van der Waals surface area contributed by atoms with Gasteiger partial charge in [-0.1, -0.05) is 30.1 Å². The highest BCUT2D eigenvalue weighted by molar-refractivity contribution is 6.36. The number of hydrogen-bond donors (Lipinski definition) is 1. The number of nitrogens with two attached hydrogens (primary N) is 1.